The van der Waals surface area contributed by atoms with Crippen LogP contribution in [0.1, 0.15) is 38.2 Å². The summed E-state index contributed by atoms with van der Waals surface area (Å²) >= 11 is 0. The fourth-order valence-corrected chi connectivity index (χ4v) is 3.24. The molecule has 1 saturated carbocycles. The number of nitrogens with zero attached hydrogens (tertiary/aromatic N) is 2. The summed E-state index contributed by atoms with van der Waals surface area (Å²) in [6.45, 7) is 5.73. The Labute approximate surface area is 139 Å². The molecule has 4 heteroatoms. The molecule has 0 spiro atoms. The molecule has 1 aromatic rings. The van der Waals surface area contributed by atoms with Crippen LogP contribution in [0.3, 0.4) is 0 Å². The van der Waals surface area contributed by atoms with Crippen molar-refractivity contribution >= 4 is 5.91 Å². The van der Waals surface area contributed by atoms with Crippen LogP contribution in [0, 0.1) is 5.92 Å². The molecular formula is C19H28N2O2. The van der Waals surface area contributed by atoms with Crippen LogP contribution < -0.4 is 4.74 Å². The van der Waals surface area contributed by atoms with Gasteiger partial charge in [-0.1, -0.05) is 19.1 Å². The van der Waals surface area contributed by atoms with Crippen LogP contribution in [0.5, 0.6) is 5.75 Å². The van der Waals surface area contributed by atoms with Crippen LogP contribution in [0.2, 0.25) is 0 Å². The first kappa shape index (κ1) is 16.3. The molecule has 1 aromatic carbocycles. The Morgan fingerprint density at radius 1 is 1.17 bits per heavy atom. The summed E-state index contributed by atoms with van der Waals surface area (Å²) in [6.07, 6.45) is 4.74. The first-order valence-electron chi connectivity index (χ1n) is 8.80. The number of ether oxygens (including phenoxy) is 1. The van der Waals surface area contributed by atoms with Gasteiger partial charge in [-0.05, 0) is 62.4 Å². The molecule has 2 aliphatic rings. The zero-order chi connectivity index (χ0) is 16.2. The van der Waals surface area contributed by atoms with Crippen molar-refractivity contribution in [2.75, 3.05) is 26.7 Å². The van der Waals surface area contributed by atoms with Crippen LogP contribution in [-0.4, -0.2) is 48.5 Å². The van der Waals surface area contributed by atoms with Gasteiger partial charge in [-0.15, -0.1) is 0 Å². The van der Waals surface area contributed by atoms with E-state index in [1.807, 2.05) is 12.1 Å². The van der Waals surface area contributed by atoms with Crippen LogP contribution in [-0.2, 0) is 11.3 Å². The van der Waals surface area contributed by atoms with Crippen molar-refractivity contribution in [3.63, 3.8) is 0 Å². The number of carbonyl (C=O) groups excluding carboxylic acids is 1. The van der Waals surface area contributed by atoms with Crippen LogP contribution >= 0.6 is 0 Å². The van der Waals surface area contributed by atoms with Crippen LogP contribution in [0.15, 0.2) is 24.3 Å². The van der Waals surface area contributed by atoms with E-state index in [-0.39, 0.29) is 5.91 Å². The van der Waals surface area contributed by atoms with Gasteiger partial charge in [0.15, 0.2) is 0 Å². The summed E-state index contributed by atoms with van der Waals surface area (Å²) in [5.74, 6) is 1.96. The Bertz CT molecular complexity index is 517. The highest BCUT2D eigenvalue weighted by Crippen LogP contribution is 2.29. The summed E-state index contributed by atoms with van der Waals surface area (Å²) in [6, 6.07) is 8.51. The SMILES string of the molecule is COc1ccc(CN(C(=O)CN2CCC(C)CC2)C2CC2)cc1. The van der Waals surface area contributed by atoms with Crippen LogP contribution in [0.4, 0.5) is 0 Å². The van der Waals surface area contributed by atoms with Crippen molar-refractivity contribution in [3.8, 4) is 5.75 Å². The van der Waals surface area contributed by atoms with Gasteiger partial charge in [0.1, 0.15) is 5.75 Å². The minimum absolute atomic E-state index is 0.290. The van der Waals surface area contributed by atoms with E-state index in [4.69, 9.17) is 4.74 Å². The van der Waals surface area contributed by atoms with E-state index in [0.29, 0.717) is 12.6 Å². The lowest BCUT2D eigenvalue weighted by Crippen LogP contribution is -2.43. The standard InChI is InChI=1S/C19H28N2O2/c1-15-9-11-20(12-10-15)14-19(22)21(17-5-6-17)13-16-3-7-18(23-2)8-4-16/h3-4,7-8,15,17H,5-6,9-14H2,1-2H3. The molecule has 3 rings (SSSR count). The van der Waals surface area contributed by atoms with E-state index in [9.17, 15) is 4.79 Å². The molecule has 23 heavy (non-hydrogen) atoms. The Morgan fingerprint density at radius 2 is 1.83 bits per heavy atom. The first-order chi connectivity index (χ1) is 11.2. The molecule has 1 amide bonds. The van der Waals surface area contributed by atoms with Crippen molar-refractivity contribution < 1.29 is 9.53 Å². The zero-order valence-corrected chi connectivity index (χ0v) is 14.3. The fourth-order valence-electron chi connectivity index (χ4n) is 3.24. The second-order valence-electron chi connectivity index (χ2n) is 7.06. The number of methoxy groups -OCH3 is 1. The molecule has 1 heterocycles. The Balaban J connectivity index is 1.58. The highest BCUT2D eigenvalue weighted by molar-refractivity contribution is 5.79. The van der Waals surface area contributed by atoms with Gasteiger partial charge in [0.05, 0.1) is 13.7 Å². The smallest absolute Gasteiger partial charge is 0.237 e. The molecule has 0 atom stereocenters. The minimum atomic E-state index is 0.290. The summed E-state index contributed by atoms with van der Waals surface area (Å²) in [5, 5.41) is 0. The predicted octanol–water partition coefficient (Wildman–Crippen LogP) is 2.92. The molecule has 0 radical (unpaired) electrons. The number of carbonyl (C=O) groups is 1. The third kappa shape index (κ3) is 4.47. The van der Waals surface area contributed by atoms with E-state index in [0.717, 1.165) is 44.1 Å². The predicted molar refractivity (Wildman–Crippen MR) is 91.4 cm³/mol. The highest BCUT2D eigenvalue weighted by Gasteiger charge is 2.33. The quantitative estimate of drug-likeness (QED) is 0.809. The molecule has 2 fully saturated rings. The summed E-state index contributed by atoms with van der Waals surface area (Å²) in [7, 11) is 1.68. The molecule has 1 aliphatic carbocycles. The van der Waals surface area contributed by atoms with Gasteiger partial charge in [0.25, 0.3) is 0 Å². The largest absolute Gasteiger partial charge is 0.497 e. The number of hydrogen-bond acceptors (Lipinski definition) is 3. The average Bonchev–Trinajstić information content (AvgIpc) is 3.40. The lowest BCUT2D eigenvalue weighted by Gasteiger charge is -2.32. The average molecular weight is 316 g/mol. The molecule has 0 unspecified atom stereocenters. The number of piperidine rings is 1. The monoisotopic (exact) mass is 316 g/mol. The summed E-state index contributed by atoms with van der Waals surface area (Å²) < 4.78 is 5.20. The van der Waals surface area contributed by atoms with Crippen molar-refractivity contribution in [1.82, 2.24) is 9.80 Å². The van der Waals surface area contributed by atoms with E-state index in [2.05, 4.69) is 28.9 Å². The van der Waals surface area contributed by atoms with Gasteiger partial charge >= 0.3 is 0 Å². The topological polar surface area (TPSA) is 32.8 Å². The molecule has 1 saturated heterocycles. The highest BCUT2D eigenvalue weighted by atomic mass is 16.5. The van der Waals surface area contributed by atoms with Gasteiger partial charge in [-0.3, -0.25) is 9.69 Å². The molecule has 4 nitrogen and oxygen atoms in total. The number of amides is 1. The molecule has 0 bridgehead atoms. The van der Waals surface area contributed by atoms with Crippen LogP contribution in [0.25, 0.3) is 0 Å². The number of hydrogen-bond donors (Lipinski definition) is 0. The van der Waals surface area contributed by atoms with Crippen molar-refractivity contribution in [2.45, 2.75) is 45.2 Å². The zero-order valence-electron chi connectivity index (χ0n) is 14.3. The maximum absolute atomic E-state index is 12.8. The van der Waals surface area contributed by atoms with Crippen molar-refractivity contribution in [2.24, 2.45) is 5.92 Å². The molecule has 0 N–H and O–H groups in total. The molecule has 126 valence electrons. The maximum Gasteiger partial charge on any atom is 0.237 e. The Kier molecular flexibility index (Phi) is 5.21. The third-order valence-electron chi connectivity index (χ3n) is 5.06. The van der Waals surface area contributed by atoms with Gasteiger partial charge < -0.3 is 9.64 Å². The molecular weight excluding hydrogens is 288 g/mol. The normalized spacial score (nSPS) is 19.6. The Hall–Kier alpha value is -1.55. The number of likely N-dealkylation sites (tertiary alicyclic amines) is 1. The number of benzene rings is 1. The molecule has 1 aliphatic heterocycles. The maximum atomic E-state index is 12.8. The fraction of sp³-hybridized carbons (Fsp3) is 0.632. The van der Waals surface area contributed by atoms with E-state index in [1.165, 1.54) is 18.4 Å². The van der Waals surface area contributed by atoms with Gasteiger partial charge in [-0.2, -0.15) is 0 Å². The van der Waals surface area contributed by atoms with E-state index in [1.54, 1.807) is 7.11 Å². The lowest BCUT2D eigenvalue weighted by atomic mass is 9.99. The Morgan fingerprint density at radius 3 is 2.39 bits per heavy atom. The molecule has 0 aromatic heterocycles. The van der Waals surface area contributed by atoms with Gasteiger partial charge in [0, 0.05) is 12.6 Å². The second-order valence-corrected chi connectivity index (χ2v) is 7.06. The summed E-state index contributed by atoms with van der Waals surface area (Å²) in [5.41, 5.74) is 1.18. The van der Waals surface area contributed by atoms with Gasteiger partial charge in [-0.25, -0.2) is 0 Å². The van der Waals surface area contributed by atoms with E-state index >= 15 is 0 Å². The first-order valence-corrected chi connectivity index (χ1v) is 8.80. The summed E-state index contributed by atoms with van der Waals surface area (Å²) in [4.78, 5) is 17.2. The number of rotatable bonds is 6. The lowest BCUT2D eigenvalue weighted by molar-refractivity contribution is -0.134. The van der Waals surface area contributed by atoms with Crippen molar-refractivity contribution in [3.05, 3.63) is 29.8 Å². The second kappa shape index (κ2) is 7.35. The van der Waals surface area contributed by atoms with Crippen molar-refractivity contribution in [1.29, 1.82) is 0 Å². The minimum Gasteiger partial charge on any atom is -0.497 e. The van der Waals surface area contributed by atoms with Gasteiger partial charge in [0.2, 0.25) is 5.91 Å². The van der Waals surface area contributed by atoms with E-state index < -0.39 is 0 Å². The third-order valence-corrected chi connectivity index (χ3v) is 5.06.